The summed E-state index contributed by atoms with van der Waals surface area (Å²) in [5.74, 6) is 0.366. The number of methoxy groups -OCH3 is 2. The smallest absolute Gasteiger partial charge is 0.340 e. The highest BCUT2D eigenvalue weighted by molar-refractivity contribution is 5.99. The second kappa shape index (κ2) is 6.26. The number of ether oxygens (including phenoxy) is 2. The number of esters is 1. The van der Waals surface area contributed by atoms with Gasteiger partial charge in [0.2, 0.25) is 0 Å². The molecule has 0 unspecified atom stereocenters. The Bertz CT molecular complexity index is 698. The van der Waals surface area contributed by atoms with Crippen molar-refractivity contribution >= 4 is 11.9 Å². The van der Waals surface area contributed by atoms with Crippen LogP contribution >= 0.6 is 0 Å². The van der Waals surface area contributed by atoms with Gasteiger partial charge in [-0.15, -0.1) is 6.42 Å². The Labute approximate surface area is 133 Å². The number of nitrogens with one attached hydrogen (secondary N) is 1. The summed E-state index contributed by atoms with van der Waals surface area (Å²) in [6.45, 7) is 0.0130. The first-order valence-corrected chi connectivity index (χ1v) is 6.83. The number of nitrogens with zero attached hydrogens (tertiary/aromatic N) is 1. The van der Waals surface area contributed by atoms with Crippen LogP contribution < -0.4 is 10.1 Å². The summed E-state index contributed by atoms with van der Waals surface area (Å²) < 4.78 is 23.9. The number of hydrogen-bond donors (Lipinski definition) is 1. The van der Waals surface area contributed by atoms with E-state index in [1.807, 2.05) is 0 Å². The maximum atomic E-state index is 14.3. The van der Waals surface area contributed by atoms with Gasteiger partial charge in [0.15, 0.2) is 17.1 Å². The number of halogens is 1. The first-order valence-electron chi connectivity index (χ1n) is 6.83. The van der Waals surface area contributed by atoms with E-state index >= 15 is 0 Å². The molecule has 0 aromatic heterocycles. The predicted octanol–water partition coefficient (Wildman–Crippen LogP) is 0.554. The lowest BCUT2D eigenvalue weighted by Gasteiger charge is -2.29. The van der Waals surface area contributed by atoms with Crippen molar-refractivity contribution in [3.05, 3.63) is 29.1 Å². The quantitative estimate of drug-likeness (QED) is 0.634. The van der Waals surface area contributed by atoms with Crippen LogP contribution in [-0.4, -0.2) is 50.1 Å². The van der Waals surface area contributed by atoms with Gasteiger partial charge in [0.1, 0.15) is 0 Å². The van der Waals surface area contributed by atoms with Gasteiger partial charge < -0.3 is 14.4 Å². The third-order valence-electron chi connectivity index (χ3n) is 3.91. The number of rotatable bonds is 5. The highest BCUT2D eigenvalue weighted by atomic mass is 19.1. The Morgan fingerprint density at radius 1 is 1.52 bits per heavy atom. The molecule has 0 bridgehead atoms. The first kappa shape index (κ1) is 16.8. The number of hydrogen-bond acceptors (Lipinski definition) is 5. The minimum atomic E-state index is -1.49. The molecule has 1 aromatic carbocycles. The second-order valence-corrected chi connectivity index (χ2v) is 5.07. The Hall–Kier alpha value is -2.59. The van der Waals surface area contributed by atoms with Crippen molar-refractivity contribution in [2.45, 2.75) is 12.1 Å². The molecule has 1 aliphatic heterocycles. The Morgan fingerprint density at radius 2 is 2.22 bits per heavy atom. The number of fused-ring (bicyclic) bond motifs is 1. The topological polar surface area (TPSA) is 67.9 Å². The van der Waals surface area contributed by atoms with Gasteiger partial charge in [-0.2, -0.15) is 0 Å². The lowest BCUT2D eigenvalue weighted by Crippen LogP contribution is -2.57. The van der Waals surface area contributed by atoms with Crippen molar-refractivity contribution in [3.63, 3.8) is 0 Å². The summed E-state index contributed by atoms with van der Waals surface area (Å²) in [6, 6.07) is 3.07. The summed E-state index contributed by atoms with van der Waals surface area (Å²) in [7, 11) is 4.02. The Balaban J connectivity index is 2.35. The van der Waals surface area contributed by atoms with Crippen LogP contribution in [0, 0.1) is 18.2 Å². The third-order valence-corrected chi connectivity index (χ3v) is 3.91. The molecule has 0 saturated carbocycles. The van der Waals surface area contributed by atoms with Gasteiger partial charge in [0.25, 0.3) is 5.91 Å². The lowest BCUT2D eigenvalue weighted by molar-refractivity contribution is -0.146. The molecule has 7 heteroatoms. The van der Waals surface area contributed by atoms with E-state index in [-0.39, 0.29) is 24.4 Å². The minimum Gasteiger partial charge on any atom is -0.494 e. The van der Waals surface area contributed by atoms with E-state index in [0.717, 1.165) is 0 Å². The molecule has 0 spiro atoms. The number of carbonyl (C=O) groups is 2. The summed E-state index contributed by atoms with van der Waals surface area (Å²) in [6.07, 6.45) is 5.45. The number of amides is 1. The number of likely N-dealkylation sites (N-methyl/N-ethyl adjacent to an activating group) is 1. The van der Waals surface area contributed by atoms with E-state index in [1.165, 1.54) is 32.2 Å². The van der Waals surface area contributed by atoms with Crippen LogP contribution in [0.4, 0.5) is 4.39 Å². The molecule has 1 N–H and O–H groups in total. The highest BCUT2D eigenvalue weighted by Crippen LogP contribution is 2.31. The Kier molecular flexibility index (Phi) is 4.57. The maximum Gasteiger partial charge on any atom is 0.340 e. The molecule has 0 aliphatic carbocycles. The second-order valence-electron chi connectivity index (χ2n) is 5.07. The summed E-state index contributed by atoms with van der Waals surface area (Å²) in [5.41, 5.74) is -1.04. The van der Waals surface area contributed by atoms with Crippen molar-refractivity contribution in [1.29, 1.82) is 0 Å². The number of benzene rings is 1. The van der Waals surface area contributed by atoms with Gasteiger partial charge in [-0.1, -0.05) is 12.0 Å². The normalized spacial score (nSPS) is 15.6. The van der Waals surface area contributed by atoms with E-state index in [4.69, 9.17) is 15.9 Å². The summed E-state index contributed by atoms with van der Waals surface area (Å²) >= 11 is 0. The van der Waals surface area contributed by atoms with Gasteiger partial charge in [-0.3, -0.25) is 10.1 Å². The van der Waals surface area contributed by atoms with Crippen molar-refractivity contribution in [2.24, 2.45) is 0 Å². The fraction of sp³-hybridized carbons (Fsp3) is 0.375. The largest absolute Gasteiger partial charge is 0.494 e. The fourth-order valence-electron chi connectivity index (χ4n) is 2.56. The molecule has 6 nitrogen and oxygen atoms in total. The van der Waals surface area contributed by atoms with Crippen LogP contribution in [0.2, 0.25) is 0 Å². The zero-order valence-corrected chi connectivity index (χ0v) is 13.1. The van der Waals surface area contributed by atoms with Crippen LogP contribution in [0.15, 0.2) is 12.1 Å². The zero-order valence-electron chi connectivity index (χ0n) is 13.1. The molecule has 1 aliphatic rings. The predicted molar refractivity (Wildman–Crippen MR) is 80.3 cm³/mol. The average Bonchev–Trinajstić information content (AvgIpc) is 2.88. The van der Waals surface area contributed by atoms with Crippen molar-refractivity contribution in [3.8, 4) is 18.1 Å². The Morgan fingerprint density at radius 3 is 2.74 bits per heavy atom. The fourth-order valence-corrected chi connectivity index (χ4v) is 2.56. The van der Waals surface area contributed by atoms with Crippen molar-refractivity contribution in [1.82, 2.24) is 10.2 Å². The van der Waals surface area contributed by atoms with Crippen LogP contribution in [0.1, 0.15) is 15.9 Å². The molecule has 0 radical (unpaired) electrons. The molecule has 1 aromatic rings. The standard InChI is InChI=1S/C16H17FN2O4/c1-5-16(18-2,15(21)23-4)9-19-8-10-6-7-11(22-3)13(17)12(10)14(19)20/h1,6-7,18H,8-9H2,2-4H3/t16-/m1/s1. The molecular weight excluding hydrogens is 303 g/mol. The van der Waals surface area contributed by atoms with E-state index in [2.05, 4.69) is 11.2 Å². The summed E-state index contributed by atoms with van der Waals surface area (Å²) in [5, 5.41) is 2.70. The summed E-state index contributed by atoms with van der Waals surface area (Å²) in [4.78, 5) is 25.8. The highest BCUT2D eigenvalue weighted by Gasteiger charge is 2.42. The third kappa shape index (κ3) is 2.62. The molecule has 2 rings (SSSR count). The molecule has 122 valence electrons. The molecule has 1 amide bonds. The molecule has 1 heterocycles. The van der Waals surface area contributed by atoms with Crippen molar-refractivity contribution < 1.29 is 23.5 Å². The molecular formula is C16H17FN2O4. The SMILES string of the molecule is C#C[C@](CN1Cc2ccc(OC)c(F)c2C1=O)(NC)C(=O)OC. The average molecular weight is 320 g/mol. The number of carbonyl (C=O) groups excluding carboxylic acids is 2. The zero-order chi connectivity index (χ0) is 17.2. The van der Waals surface area contributed by atoms with Crippen LogP contribution in [0.3, 0.4) is 0 Å². The van der Waals surface area contributed by atoms with Gasteiger partial charge in [-0.05, 0) is 18.7 Å². The van der Waals surface area contributed by atoms with E-state index < -0.39 is 23.2 Å². The van der Waals surface area contributed by atoms with Gasteiger partial charge >= 0.3 is 5.97 Å². The minimum absolute atomic E-state index is 0.0104. The van der Waals surface area contributed by atoms with E-state index in [1.54, 1.807) is 6.07 Å². The molecule has 0 fully saturated rings. The van der Waals surface area contributed by atoms with Crippen LogP contribution in [0.25, 0.3) is 0 Å². The maximum absolute atomic E-state index is 14.3. The van der Waals surface area contributed by atoms with Gasteiger partial charge in [0.05, 0.1) is 26.3 Å². The number of terminal acetylenes is 1. The lowest BCUT2D eigenvalue weighted by atomic mass is 10.0. The van der Waals surface area contributed by atoms with Gasteiger partial charge in [-0.25, -0.2) is 9.18 Å². The molecule has 23 heavy (non-hydrogen) atoms. The van der Waals surface area contributed by atoms with Gasteiger partial charge in [0, 0.05) is 6.54 Å². The van der Waals surface area contributed by atoms with E-state index in [0.29, 0.717) is 5.56 Å². The van der Waals surface area contributed by atoms with Crippen LogP contribution in [-0.2, 0) is 16.1 Å². The monoisotopic (exact) mass is 320 g/mol. The van der Waals surface area contributed by atoms with Crippen molar-refractivity contribution in [2.75, 3.05) is 27.8 Å². The van der Waals surface area contributed by atoms with Crippen LogP contribution in [0.5, 0.6) is 5.75 Å². The van der Waals surface area contributed by atoms with E-state index in [9.17, 15) is 14.0 Å². The molecule has 1 atom stereocenters. The molecule has 0 saturated heterocycles. The first-order chi connectivity index (χ1) is 10.9.